The summed E-state index contributed by atoms with van der Waals surface area (Å²) >= 11 is 1.90. The van der Waals surface area contributed by atoms with Crippen LogP contribution in [-0.4, -0.2) is 54.5 Å². The molecule has 1 aromatic rings. The third-order valence-corrected chi connectivity index (χ3v) is 4.63. The number of carbonyl (C=O) groups excluding carboxylic acids is 2. The van der Waals surface area contributed by atoms with E-state index in [4.69, 9.17) is 0 Å². The minimum Gasteiger partial charge on any atom is -0.467 e. The molecular weight excluding hydrogens is 300 g/mol. The molecule has 120 valence electrons. The van der Waals surface area contributed by atoms with Gasteiger partial charge >= 0.3 is 5.97 Å². The Morgan fingerprint density at radius 1 is 1.23 bits per heavy atom. The number of nitrogens with zero attached hydrogens (tertiary/aromatic N) is 1. The zero-order valence-electron chi connectivity index (χ0n) is 13.0. The van der Waals surface area contributed by atoms with Gasteiger partial charge in [0.05, 0.1) is 7.11 Å². The highest BCUT2D eigenvalue weighted by molar-refractivity contribution is 7.99. The van der Waals surface area contributed by atoms with E-state index in [-0.39, 0.29) is 11.9 Å². The monoisotopic (exact) mass is 322 g/mol. The number of hydrogen-bond donors (Lipinski definition) is 1. The van der Waals surface area contributed by atoms with Crippen LogP contribution >= 0.6 is 11.8 Å². The first-order chi connectivity index (χ1) is 10.6. The Hall–Kier alpha value is -1.53. The van der Waals surface area contributed by atoms with Crippen molar-refractivity contribution in [3.8, 4) is 0 Å². The molecule has 0 bridgehead atoms. The molecule has 1 fully saturated rings. The fourth-order valence-corrected chi connectivity index (χ4v) is 3.46. The van der Waals surface area contributed by atoms with Crippen LogP contribution in [-0.2, 0) is 14.3 Å². The van der Waals surface area contributed by atoms with Crippen LogP contribution < -0.4 is 5.32 Å². The van der Waals surface area contributed by atoms with E-state index < -0.39 is 12.0 Å². The summed E-state index contributed by atoms with van der Waals surface area (Å²) < 4.78 is 4.67. The molecule has 6 heteroatoms. The maximum atomic E-state index is 12.7. The van der Waals surface area contributed by atoms with Crippen molar-refractivity contribution in [2.45, 2.75) is 19.0 Å². The predicted octanol–water partition coefficient (Wildman–Crippen LogP) is 1.45. The standard InChI is InChI=1S/C16H22N2O3S/c1-12(16(20)21-2)17-15(19)14(13-6-4-3-5-7-13)18-8-10-22-11-9-18/h3-7,12,14H,8-11H2,1-2H3,(H,17,19)/t12-,14?/m1/s1. The third kappa shape index (κ3) is 4.24. The van der Waals surface area contributed by atoms with E-state index in [9.17, 15) is 9.59 Å². The number of hydrogen-bond acceptors (Lipinski definition) is 5. The van der Waals surface area contributed by atoms with Gasteiger partial charge in [-0.25, -0.2) is 4.79 Å². The summed E-state index contributed by atoms with van der Waals surface area (Å²) in [5.74, 6) is 1.44. The summed E-state index contributed by atoms with van der Waals surface area (Å²) in [7, 11) is 1.32. The Bertz CT molecular complexity index is 503. The van der Waals surface area contributed by atoms with Crippen LogP contribution in [0.1, 0.15) is 18.5 Å². The van der Waals surface area contributed by atoms with E-state index in [1.54, 1.807) is 6.92 Å². The lowest BCUT2D eigenvalue weighted by atomic mass is 10.0. The molecule has 2 atom stereocenters. The zero-order valence-corrected chi connectivity index (χ0v) is 13.8. The van der Waals surface area contributed by atoms with Gasteiger partial charge in [-0.05, 0) is 12.5 Å². The smallest absolute Gasteiger partial charge is 0.328 e. The van der Waals surface area contributed by atoms with Crippen molar-refractivity contribution in [1.82, 2.24) is 10.2 Å². The minimum absolute atomic E-state index is 0.156. The van der Waals surface area contributed by atoms with Crippen LogP contribution in [0.3, 0.4) is 0 Å². The molecule has 1 aliphatic rings. The molecule has 5 nitrogen and oxygen atoms in total. The van der Waals surface area contributed by atoms with Gasteiger partial charge in [-0.1, -0.05) is 30.3 Å². The predicted molar refractivity (Wildman–Crippen MR) is 87.7 cm³/mol. The number of rotatable bonds is 5. The molecule has 1 aromatic carbocycles. The number of esters is 1. The Morgan fingerprint density at radius 3 is 2.45 bits per heavy atom. The van der Waals surface area contributed by atoms with Crippen LogP contribution in [0, 0.1) is 0 Å². The van der Waals surface area contributed by atoms with E-state index in [1.807, 2.05) is 42.1 Å². The average Bonchev–Trinajstić information content (AvgIpc) is 2.56. The van der Waals surface area contributed by atoms with Crippen molar-refractivity contribution in [3.63, 3.8) is 0 Å². The highest BCUT2D eigenvalue weighted by atomic mass is 32.2. The summed E-state index contributed by atoms with van der Waals surface area (Å²) in [6.45, 7) is 3.37. The van der Waals surface area contributed by atoms with Gasteiger partial charge in [-0.2, -0.15) is 11.8 Å². The van der Waals surface area contributed by atoms with Crippen LogP contribution in [0.2, 0.25) is 0 Å². The van der Waals surface area contributed by atoms with Crippen molar-refractivity contribution in [1.29, 1.82) is 0 Å². The fraction of sp³-hybridized carbons (Fsp3) is 0.500. The first-order valence-corrected chi connectivity index (χ1v) is 8.54. The highest BCUT2D eigenvalue weighted by Crippen LogP contribution is 2.24. The number of amides is 1. The molecule has 22 heavy (non-hydrogen) atoms. The van der Waals surface area contributed by atoms with Crippen LogP contribution in [0.25, 0.3) is 0 Å². The molecular formula is C16H22N2O3S. The summed E-state index contributed by atoms with van der Waals surface area (Å²) in [6, 6.07) is 8.68. The van der Waals surface area contributed by atoms with Crippen molar-refractivity contribution in [2.24, 2.45) is 0 Å². The zero-order chi connectivity index (χ0) is 15.9. The Kier molecular flexibility index (Phi) is 6.27. The molecule has 0 spiro atoms. The molecule has 0 saturated carbocycles. The first kappa shape index (κ1) is 16.8. The second kappa shape index (κ2) is 8.19. The second-order valence-corrected chi connectivity index (χ2v) is 6.44. The summed E-state index contributed by atoms with van der Waals surface area (Å²) in [4.78, 5) is 26.4. The van der Waals surface area contributed by atoms with Gasteiger partial charge in [0, 0.05) is 24.6 Å². The third-order valence-electron chi connectivity index (χ3n) is 3.69. The van der Waals surface area contributed by atoms with Gasteiger partial charge in [0.25, 0.3) is 0 Å². The molecule has 1 N–H and O–H groups in total. The van der Waals surface area contributed by atoms with Crippen LogP contribution in [0.15, 0.2) is 30.3 Å². The van der Waals surface area contributed by atoms with E-state index in [0.29, 0.717) is 0 Å². The van der Waals surface area contributed by atoms with E-state index in [2.05, 4.69) is 15.0 Å². The van der Waals surface area contributed by atoms with Crippen LogP contribution in [0.4, 0.5) is 0 Å². The van der Waals surface area contributed by atoms with Crippen molar-refractivity contribution < 1.29 is 14.3 Å². The molecule has 1 unspecified atom stereocenters. The summed E-state index contributed by atoms with van der Waals surface area (Å²) in [6.07, 6.45) is 0. The van der Waals surface area contributed by atoms with E-state index in [0.717, 1.165) is 30.2 Å². The summed E-state index contributed by atoms with van der Waals surface area (Å²) in [5.41, 5.74) is 0.948. The first-order valence-electron chi connectivity index (χ1n) is 7.38. The topological polar surface area (TPSA) is 58.6 Å². The molecule has 0 aliphatic carbocycles. The average molecular weight is 322 g/mol. The molecule has 2 rings (SSSR count). The molecule has 1 heterocycles. The van der Waals surface area contributed by atoms with Crippen molar-refractivity contribution in [3.05, 3.63) is 35.9 Å². The van der Waals surface area contributed by atoms with Crippen molar-refractivity contribution in [2.75, 3.05) is 31.7 Å². The summed E-state index contributed by atoms with van der Waals surface area (Å²) in [5, 5.41) is 2.76. The normalized spacial score (nSPS) is 18.3. The van der Waals surface area contributed by atoms with Gasteiger partial charge in [0.15, 0.2) is 0 Å². The maximum absolute atomic E-state index is 12.7. The number of nitrogens with one attached hydrogen (secondary N) is 1. The quantitative estimate of drug-likeness (QED) is 0.832. The lowest BCUT2D eigenvalue weighted by Gasteiger charge is -2.34. The van der Waals surface area contributed by atoms with Gasteiger partial charge in [0.1, 0.15) is 12.1 Å². The van der Waals surface area contributed by atoms with Gasteiger partial charge < -0.3 is 10.1 Å². The Labute approximate surface area is 135 Å². The molecule has 1 aliphatic heterocycles. The molecule has 0 radical (unpaired) electrons. The number of methoxy groups -OCH3 is 1. The second-order valence-electron chi connectivity index (χ2n) is 5.21. The molecule has 1 amide bonds. The fourth-order valence-electron chi connectivity index (χ4n) is 2.53. The number of carbonyl (C=O) groups is 2. The molecule has 0 aromatic heterocycles. The number of benzene rings is 1. The lowest BCUT2D eigenvalue weighted by molar-refractivity contribution is -0.145. The van der Waals surface area contributed by atoms with E-state index in [1.165, 1.54) is 7.11 Å². The number of thioether (sulfide) groups is 1. The van der Waals surface area contributed by atoms with Crippen LogP contribution in [0.5, 0.6) is 0 Å². The Morgan fingerprint density at radius 2 is 1.86 bits per heavy atom. The largest absolute Gasteiger partial charge is 0.467 e. The Balaban J connectivity index is 2.16. The lowest BCUT2D eigenvalue weighted by Crippen LogP contribution is -2.48. The molecule has 1 saturated heterocycles. The van der Waals surface area contributed by atoms with Gasteiger partial charge in [0.2, 0.25) is 5.91 Å². The highest BCUT2D eigenvalue weighted by Gasteiger charge is 2.30. The van der Waals surface area contributed by atoms with Gasteiger partial charge in [-0.15, -0.1) is 0 Å². The van der Waals surface area contributed by atoms with E-state index >= 15 is 0 Å². The van der Waals surface area contributed by atoms with Crippen molar-refractivity contribution >= 4 is 23.6 Å². The maximum Gasteiger partial charge on any atom is 0.328 e. The number of ether oxygens (including phenoxy) is 1. The van der Waals surface area contributed by atoms with Gasteiger partial charge in [-0.3, -0.25) is 9.69 Å². The minimum atomic E-state index is -0.650. The SMILES string of the molecule is COC(=O)[C@@H](C)NC(=O)C(c1ccccc1)N1CCSCC1.